The molecule has 0 aliphatic carbocycles. The van der Waals surface area contributed by atoms with Gasteiger partial charge in [0.05, 0.1) is 0 Å². The number of nitrogens with one attached hydrogen (secondary N) is 2. The third-order valence-electron chi connectivity index (χ3n) is 3.26. The third-order valence-corrected chi connectivity index (χ3v) is 3.26. The van der Waals surface area contributed by atoms with E-state index in [4.69, 9.17) is 5.11 Å². The molecule has 1 atom stereocenters. The molecule has 3 N–H and O–H groups in total. The zero-order valence-corrected chi connectivity index (χ0v) is 13.5. The number of hydrogen-bond acceptors (Lipinski definition) is 3. The molecule has 23 heavy (non-hydrogen) atoms. The molecule has 0 saturated carbocycles. The molecule has 0 aromatic heterocycles. The van der Waals surface area contributed by atoms with Gasteiger partial charge >= 0.3 is 5.97 Å². The number of carbonyl (C=O) groups is 3. The van der Waals surface area contributed by atoms with E-state index in [0.29, 0.717) is 12.8 Å². The Bertz CT molecular complexity index is 529. The summed E-state index contributed by atoms with van der Waals surface area (Å²) in [6.07, 6.45) is 1.34. The van der Waals surface area contributed by atoms with Crippen LogP contribution in [0.3, 0.4) is 0 Å². The first-order chi connectivity index (χ1) is 10.9. The number of aryl methyl sites for hydroxylation is 1. The van der Waals surface area contributed by atoms with Crippen molar-refractivity contribution in [3.05, 3.63) is 35.9 Å². The van der Waals surface area contributed by atoms with Crippen LogP contribution in [0.1, 0.15) is 32.3 Å². The van der Waals surface area contributed by atoms with Gasteiger partial charge in [-0.25, -0.2) is 0 Å². The van der Waals surface area contributed by atoms with Crippen molar-refractivity contribution >= 4 is 17.8 Å². The first-order valence-electron chi connectivity index (χ1n) is 7.71. The minimum atomic E-state index is -1.11. The van der Waals surface area contributed by atoms with Crippen LogP contribution < -0.4 is 10.6 Å². The van der Waals surface area contributed by atoms with E-state index in [2.05, 4.69) is 10.6 Å². The molecule has 1 aromatic carbocycles. The molecule has 2 amide bonds. The zero-order chi connectivity index (χ0) is 17.2. The molecule has 0 aliphatic heterocycles. The molecule has 6 nitrogen and oxygen atoms in total. The van der Waals surface area contributed by atoms with Crippen molar-refractivity contribution in [3.63, 3.8) is 0 Å². The number of aliphatic carboxylic acids is 1. The van der Waals surface area contributed by atoms with Crippen molar-refractivity contribution in [1.29, 1.82) is 0 Å². The van der Waals surface area contributed by atoms with Gasteiger partial charge < -0.3 is 15.7 Å². The van der Waals surface area contributed by atoms with E-state index in [1.165, 1.54) is 0 Å². The van der Waals surface area contributed by atoms with Crippen LogP contribution in [0.4, 0.5) is 0 Å². The van der Waals surface area contributed by atoms with Crippen molar-refractivity contribution < 1.29 is 19.5 Å². The second kappa shape index (κ2) is 9.61. The lowest BCUT2D eigenvalue weighted by Crippen LogP contribution is -2.48. The molecule has 0 spiro atoms. The van der Waals surface area contributed by atoms with Gasteiger partial charge in [-0.3, -0.25) is 14.4 Å². The van der Waals surface area contributed by atoms with Crippen molar-refractivity contribution in [2.24, 2.45) is 5.92 Å². The molecular weight excluding hydrogens is 296 g/mol. The van der Waals surface area contributed by atoms with Gasteiger partial charge in [-0.1, -0.05) is 44.2 Å². The van der Waals surface area contributed by atoms with Crippen molar-refractivity contribution in [3.8, 4) is 0 Å². The smallest absolute Gasteiger partial charge is 0.322 e. The Labute approximate surface area is 136 Å². The molecule has 126 valence electrons. The Morgan fingerprint density at radius 3 is 2.35 bits per heavy atom. The minimum absolute atomic E-state index is 0.199. The standard InChI is InChI=1S/C17H24N2O4/c1-12(2)10-14(17(23)18-11-16(21)22)19-15(20)9-8-13-6-4-3-5-7-13/h3-7,12,14H,8-11H2,1-2H3,(H,18,23)(H,19,20)(H,21,22). The maximum absolute atomic E-state index is 12.0. The van der Waals surface area contributed by atoms with Gasteiger partial charge in [-0.2, -0.15) is 0 Å². The Hall–Kier alpha value is -2.37. The Morgan fingerprint density at radius 2 is 1.78 bits per heavy atom. The molecule has 0 heterocycles. The summed E-state index contributed by atoms with van der Waals surface area (Å²) in [5, 5.41) is 13.6. The van der Waals surface area contributed by atoms with Gasteiger partial charge in [0.15, 0.2) is 0 Å². The van der Waals surface area contributed by atoms with Crippen LogP contribution in [0.2, 0.25) is 0 Å². The van der Waals surface area contributed by atoms with Gasteiger partial charge in [0, 0.05) is 6.42 Å². The van der Waals surface area contributed by atoms with E-state index in [9.17, 15) is 14.4 Å². The number of hydrogen-bond donors (Lipinski definition) is 3. The molecule has 1 unspecified atom stereocenters. The van der Waals surface area contributed by atoms with Gasteiger partial charge in [0.25, 0.3) is 0 Å². The SMILES string of the molecule is CC(C)CC(NC(=O)CCc1ccccc1)C(=O)NCC(=O)O. The average Bonchev–Trinajstić information content (AvgIpc) is 2.50. The van der Waals surface area contributed by atoms with E-state index in [1.807, 2.05) is 44.2 Å². The summed E-state index contributed by atoms with van der Waals surface area (Å²) >= 11 is 0. The van der Waals surface area contributed by atoms with Crippen molar-refractivity contribution in [2.75, 3.05) is 6.54 Å². The highest BCUT2D eigenvalue weighted by Crippen LogP contribution is 2.07. The maximum Gasteiger partial charge on any atom is 0.322 e. The monoisotopic (exact) mass is 320 g/mol. The van der Waals surface area contributed by atoms with E-state index in [-0.39, 0.29) is 18.2 Å². The second-order valence-corrected chi connectivity index (χ2v) is 5.85. The summed E-state index contributed by atoms with van der Waals surface area (Å²) in [5.74, 6) is -1.60. The molecule has 0 fully saturated rings. The van der Waals surface area contributed by atoms with Crippen molar-refractivity contribution in [1.82, 2.24) is 10.6 Å². The normalized spacial score (nSPS) is 11.8. The van der Waals surface area contributed by atoms with Crippen LogP contribution >= 0.6 is 0 Å². The lowest BCUT2D eigenvalue weighted by molar-refractivity contribution is -0.138. The largest absolute Gasteiger partial charge is 0.480 e. The van der Waals surface area contributed by atoms with Crippen LogP contribution in [0.25, 0.3) is 0 Å². The Balaban J connectivity index is 2.52. The summed E-state index contributed by atoms with van der Waals surface area (Å²) in [7, 11) is 0. The molecule has 0 radical (unpaired) electrons. The third kappa shape index (κ3) is 7.99. The summed E-state index contributed by atoms with van der Waals surface area (Å²) in [4.78, 5) is 34.6. The fourth-order valence-corrected chi connectivity index (χ4v) is 2.16. The van der Waals surface area contributed by atoms with Gasteiger partial charge in [-0.15, -0.1) is 0 Å². The molecule has 1 aromatic rings. The Morgan fingerprint density at radius 1 is 1.13 bits per heavy atom. The highest BCUT2D eigenvalue weighted by atomic mass is 16.4. The summed E-state index contributed by atoms with van der Waals surface area (Å²) in [6, 6.07) is 8.91. The minimum Gasteiger partial charge on any atom is -0.480 e. The summed E-state index contributed by atoms with van der Waals surface area (Å²) in [5.41, 5.74) is 1.05. The molecule has 0 bridgehead atoms. The maximum atomic E-state index is 12.0. The predicted molar refractivity (Wildman–Crippen MR) is 86.8 cm³/mol. The number of rotatable bonds is 9. The van der Waals surface area contributed by atoms with Crippen LogP contribution in [-0.4, -0.2) is 35.5 Å². The highest BCUT2D eigenvalue weighted by Gasteiger charge is 2.22. The summed E-state index contributed by atoms with van der Waals surface area (Å²) < 4.78 is 0. The van der Waals surface area contributed by atoms with E-state index in [1.54, 1.807) is 0 Å². The fourth-order valence-electron chi connectivity index (χ4n) is 2.16. The van der Waals surface area contributed by atoms with Crippen molar-refractivity contribution in [2.45, 2.75) is 39.2 Å². The number of carboxylic acids is 1. The molecular formula is C17H24N2O4. The van der Waals surface area contributed by atoms with Crippen LogP contribution in [-0.2, 0) is 20.8 Å². The highest BCUT2D eigenvalue weighted by molar-refractivity contribution is 5.89. The van der Waals surface area contributed by atoms with E-state index >= 15 is 0 Å². The first kappa shape index (κ1) is 18.7. The van der Waals surface area contributed by atoms with Crippen LogP contribution in [0.5, 0.6) is 0 Å². The average molecular weight is 320 g/mol. The molecule has 0 saturated heterocycles. The fraction of sp³-hybridized carbons (Fsp3) is 0.471. The van der Waals surface area contributed by atoms with E-state index < -0.39 is 24.5 Å². The predicted octanol–water partition coefficient (Wildman–Crippen LogP) is 1.35. The summed E-state index contributed by atoms with van der Waals surface area (Å²) in [6.45, 7) is 3.43. The zero-order valence-electron chi connectivity index (χ0n) is 13.5. The van der Waals surface area contributed by atoms with Gasteiger partial charge in [-0.05, 0) is 24.3 Å². The molecule has 6 heteroatoms. The number of benzene rings is 1. The molecule has 0 aliphatic rings. The molecule has 1 rings (SSSR count). The van der Waals surface area contributed by atoms with Gasteiger partial charge in [0.2, 0.25) is 11.8 Å². The lowest BCUT2D eigenvalue weighted by Gasteiger charge is -2.19. The first-order valence-corrected chi connectivity index (χ1v) is 7.71. The van der Waals surface area contributed by atoms with E-state index in [0.717, 1.165) is 5.56 Å². The number of carboxylic acid groups (broad SMARTS) is 1. The Kier molecular flexibility index (Phi) is 7.80. The number of carbonyl (C=O) groups excluding carboxylic acids is 2. The topological polar surface area (TPSA) is 95.5 Å². The van der Waals surface area contributed by atoms with Crippen LogP contribution in [0, 0.1) is 5.92 Å². The lowest BCUT2D eigenvalue weighted by atomic mass is 10.0. The van der Waals surface area contributed by atoms with Crippen LogP contribution in [0.15, 0.2) is 30.3 Å². The second-order valence-electron chi connectivity index (χ2n) is 5.85. The number of amides is 2. The quantitative estimate of drug-likeness (QED) is 0.640. The van der Waals surface area contributed by atoms with Gasteiger partial charge in [0.1, 0.15) is 12.6 Å².